The fourth-order valence-electron chi connectivity index (χ4n) is 1.10. The Kier molecular flexibility index (Phi) is 3.56. The molecule has 0 saturated carbocycles. The summed E-state index contributed by atoms with van der Waals surface area (Å²) in [6, 6.07) is 4.16. The molecule has 3 heteroatoms. The molecule has 1 aromatic carbocycles. The van der Waals surface area contributed by atoms with Gasteiger partial charge in [-0.3, -0.25) is 0 Å². The Morgan fingerprint density at radius 2 is 2.00 bits per heavy atom. The van der Waals surface area contributed by atoms with Crippen molar-refractivity contribution in [2.75, 3.05) is 12.3 Å². The maximum absolute atomic E-state index is 12.9. The van der Waals surface area contributed by atoms with Gasteiger partial charge in [0.25, 0.3) is 0 Å². The maximum Gasteiger partial charge on any atom is 0.145 e. The second-order valence-corrected chi connectivity index (χ2v) is 4.84. The first kappa shape index (κ1) is 11.8. The van der Waals surface area contributed by atoms with Gasteiger partial charge in [0.2, 0.25) is 0 Å². The monoisotopic (exact) mass is 211 g/mol. The van der Waals surface area contributed by atoms with Crippen molar-refractivity contribution in [3.05, 3.63) is 24.0 Å². The number of hydrogen-bond acceptors (Lipinski definition) is 2. The standard InChI is InChI=1S/C12H18FNO/c1-12(2,3)6-7-15-11-8-9(13)4-5-10(11)14/h4-5,8H,6-7,14H2,1-3H3. The number of rotatable bonds is 3. The SMILES string of the molecule is CC(C)(C)CCOc1cc(F)ccc1N. The van der Waals surface area contributed by atoms with Crippen molar-refractivity contribution in [3.8, 4) is 5.75 Å². The molecule has 0 radical (unpaired) electrons. The highest BCUT2D eigenvalue weighted by Crippen LogP contribution is 2.24. The topological polar surface area (TPSA) is 35.2 Å². The van der Waals surface area contributed by atoms with Gasteiger partial charge in [0.1, 0.15) is 11.6 Å². The Hall–Kier alpha value is -1.25. The lowest BCUT2D eigenvalue weighted by atomic mass is 9.93. The number of nitrogen functional groups attached to an aromatic ring is 1. The molecule has 0 heterocycles. The molecule has 0 amide bonds. The summed E-state index contributed by atoms with van der Waals surface area (Å²) in [6.07, 6.45) is 0.906. The van der Waals surface area contributed by atoms with Gasteiger partial charge in [-0.05, 0) is 24.0 Å². The van der Waals surface area contributed by atoms with Crippen LogP contribution in [0.5, 0.6) is 5.75 Å². The van der Waals surface area contributed by atoms with E-state index in [0.717, 1.165) is 6.42 Å². The molecule has 1 rings (SSSR count). The number of halogens is 1. The highest BCUT2D eigenvalue weighted by atomic mass is 19.1. The Labute approximate surface area is 90.2 Å². The van der Waals surface area contributed by atoms with Crippen LogP contribution in [-0.2, 0) is 0 Å². The van der Waals surface area contributed by atoms with Crippen LogP contribution >= 0.6 is 0 Å². The van der Waals surface area contributed by atoms with Gasteiger partial charge in [0, 0.05) is 6.07 Å². The molecule has 0 aliphatic heterocycles. The van der Waals surface area contributed by atoms with E-state index in [1.807, 2.05) is 0 Å². The first-order chi connectivity index (χ1) is 6.88. The summed E-state index contributed by atoms with van der Waals surface area (Å²) in [7, 11) is 0. The Morgan fingerprint density at radius 1 is 1.33 bits per heavy atom. The zero-order chi connectivity index (χ0) is 11.5. The molecule has 0 unspecified atom stereocenters. The van der Waals surface area contributed by atoms with Crippen molar-refractivity contribution < 1.29 is 9.13 Å². The first-order valence-electron chi connectivity index (χ1n) is 5.06. The summed E-state index contributed by atoms with van der Waals surface area (Å²) < 4.78 is 18.3. The largest absolute Gasteiger partial charge is 0.491 e. The molecular weight excluding hydrogens is 193 g/mol. The Morgan fingerprint density at radius 3 is 2.60 bits per heavy atom. The molecular formula is C12H18FNO. The maximum atomic E-state index is 12.9. The lowest BCUT2D eigenvalue weighted by Gasteiger charge is -2.18. The summed E-state index contributed by atoms with van der Waals surface area (Å²) in [5.41, 5.74) is 6.34. The van der Waals surface area contributed by atoms with E-state index in [4.69, 9.17) is 10.5 Å². The molecule has 2 N–H and O–H groups in total. The fraction of sp³-hybridized carbons (Fsp3) is 0.500. The lowest BCUT2D eigenvalue weighted by Crippen LogP contribution is -2.11. The third-order valence-corrected chi connectivity index (χ3v) is 2.09. The third kappa shape index (κ3) is 4.19. The summed E-state index contributed by atoms with van der Waals surface area (Å²) >= 11 is 0. The van der Waals surface area contributed by atoms with Crippen LogP contribution in [0.1, 0.15) is 27.2 Å². The quantitative estimate of drug-likeness (QED) is 0.779. The number of ether oxygens (including phenoxy) is 1. The average molecular weight is 211 g/mol. The minimum Gasteiger partial charge on any atom is -0.491 e. The van der Waals surface area contributed by atoms with Crippen LogP contribution in [0.2, 0.25) is 0 Å². The minimum atomic E-state index is -0.324. The van der Waals surface area contributed by atoms with Gasteiger partial charge in [0.05, 0.1) is 12.3 Å². The van der Waals surface area contributed by atoms with E-state index in [2.05, 4.69) is 20.8 Å². The number of nitrogens with two attached hydrogens (primary N) is 1. The normalized spacial score (nSPS) is 11.5. The van der Waals surface area contributed by atoms with E-state index in [-0.39, 0.29) is 11.2 Å². The van der Waals surface area contributed by atoms with Gasteiger partial charge in [-0.15, -0.1) is 0 Å². The van der Waals surface area contributed by atoms with E-state index >= 15 is 0 Å². The molecule has 0 aromatic heterocycles. The van der Waals surface area contributed by atoms with E-state index in [1.54, 1.807) is 0 Å². The van der Waals surface area contributed by atoms with Gasteiger partial charge in [-0.2, -0.15) is 0 Å². The van der Waals surface area contributed by atoms with Crippen LogP contribution < -0.4 is 10.5 Å². The van der Waals surface area contributed by atoms with Crippen molar-refractivity contribution in [2.45, 2.75) is 27.2 Å². The molecule has 0 spiro atoms. The lowest BCUT2D eigenvalue weighted by molar-refractivity contribution is 0.243. The van der Waals surface area contributed by atoms with Crippen LogP contribution in [0, 0.1) is 11.2 Å². The second kappa shape index (κ2) is 4.51. The van der Waals surface area contributed by atoms with Crippen LogP contribution in [-0.4, -0.2) is 6.61 Å². The molecule has 0 fully saturated rings. The van der Waals surface area contributed by atoms with Crippen LogP contribution in [0.4, 0.5) is 10.1 Å². The fourth-order valence-corrected chi connectivity index (χ4v) is 1.10. The molecule has 0 saturated heterocycles. The van der Waals surface area contributed by atoms with Crippen molar-refractivity contribution in [3.63, 3.8) is 0 Å². The molecule has 0 aliphatic rings. The van der Waals surface area contributed by atoms with E-state index in [0.29, 0.717) is 18.0 Å². The van der Waals surface area contributed by atoms with Crippen LogP contribution in [0.25, 0.3) is 0 Å². The van der Waals surface area contributed by atoms with Gasteiger partial charge in [0.15, 0.2) is 0 Å². The number of hydrogen-bond donors (Lipinski definition) is 1. The van der Waals surface area contributed by atoms with Crippen molar-refractivity contribution >= 4 is 5.69 Å². The minimum absolute atomic E-state index is 0.210. The average Bonchev–Trinajstić information content (AvgIpc) is 2.09. The third-order valence-electron chi connectivity index (χ3n) is 2.09. The predicted octanol–water partition coefficient (Wildman–Crippen LogP) is 3.22. The highest BCUT2D eigenvalue weighted by molar-refractivity contribution is 5.52. The summed E-state index contributed by atoms with van der Waals surface area (Å²) in [6.45, 7) is 6.94. The van der Waals surface area contributed by atoms with Crippen LogP contribution in [0.15, 0.2) is 18.2 Å². The van der Waals surface area contributed by atoms with E-state index < -0.39 is 0 Å². The smallest absolute Gasteiger partial charge is 0.145 e. The van der Waals surface area contributed by atoms with Crippen molar-refractivity contribution in [1.29, 1.82) is 0 Å². The number of benzene rings is 1. The summed E-state index contributed by atoms with van der Waals surface area (Å²) in [5.74, 6) is 0.106. The molecule has 1 aromatic rings. The summed E-state index contributed by atoms with van der Waals surface area (Å²) in [5, 5.41) is 0. The molecule has 15 heavy (non-hydrogen) atoms. The molecule has 0 aliphatic carbocycles. The zero-order valence-corrected chi connectivity index (χ0v) is 9.51. The molecule has 84 valence electrons. The molecule has 0 atom stereocenters. The molecule has 0 bridgehead atoms. The summed E-state index contributed by atoms with van der Waals surface area (Å²) in [4.78, 5) is 0. The van der Waals surface area contributed by atoms with Crippen LogP contribution in [0.3, 0.4) is 0 Å². The predicted molar refractivity (Wildman–Crippen MR) is 60.4 cm³/mol. The van der Waals surface area contributed by atoms with Crippen molar-refractivity contribution in [2.24, 2.45) is 5.41 Å². The Bertz CT molecular complexity index is 331. The van der Waals surface area contributed by atoms with Gasteiger partial charge < -0.3 is 10.5 Å². The van der Waals surface area contributed by atoms with Gasteiger partial charge >= 0.3 is 0 Å². The first-order valence-corrected chi connectivity index (χ1v) is 5.06. The van der Waals surface area contributed by atoms with Gasteiger partial charge in [-0.25, -0.2) is 4.39 Å². The van der Waals surface area contributed by atoms with E-state index in [9.17, 15) is 4.39 Å². The van der Waals surface area contributed by atoms with Crippen molar-refractivity contribution in [1.82, 2.24) is 0 Å². The highest BCUT2D eigenvalue weighted by Gasteiger charge is 2.10. The zero-order valence-electron chi connectivity index (χ0n) is 9.51. The Balaban J connectivity index is 2.54. The molecule has 2 nitrogen and oxygen atoms in total. The van der Waals surface area contributed by atoms with E-state index in [1.165, 1.54) is 18.2 Å². The number of anilines is 1. The second-order valence-electron chi connectivity index (χ2n) is 4.84. The van der Waals surface area contributed by atoms with Gasteiger partial charge in [-0.1, -0.05) is 20.8 Å².